The zero-order chi connectivity index (χ0) is 60.7. The van der Waals surface area contributed by atoms with Gasteiger partial charge in [0.25, 0.3) is 0 Å². The van der Waals surface area contributed by atoms with Gasteiger partial charge in [-0.3, -0.25) is 14.4 Å². The zero-order valence-electron chi connectivity index (χ0n) is 57.3. The van der Waals surface area contributed by atoms with Crippen LogP contribution in [0.2, 0.25) is 0 Å². The zero-order valence-corrected chi connectivity index (χ0v) is 57.3. The van der Waals surface area contributed by atoms with E-state index in [2.05, 4.69) is 41.5 Å². The Bertz CT molecular complexity index is 1540. The Balaban J connectivity index is 1.78. The van der Waals surface area contributed by atoms with Gasteiger partial charge >= 0.3 is 17.9 Å². The van der Waals surface area contributed by atoms with Crippen LogP contribution in [-0.2, 0) is 28.6 Å². The summed E-state index contributed by atoms with van der Waals surface area (Å²) < 4.78 is 19.6. The maximum absolute atomic E-state index is 14.3. The molecule has 0 amide bonds. The van der Waals surface area contributed by atoms with E-state index in [0.717, 1.165) is 64.2 Å². The molecule has 0 spiro atoms. The van der Waals surface area contributed by atoms with Gasteiger partial charge in [-0.1, -0.05) is 324 Å². The number of ether oxygens (including phenoxy) is 3. The van der Waals surface area contributed by atoms with Gasteiger partial charge in [-0.05, 0) is 82.0 Å². The van der Waals surface area contributed by atoms with Crippen LogP contribution in [0.3, 0.4) is 0 Å². The Labute approximate surface area is 522 Å². The van der Waals surface area contributed by atoms with Crippen molar-refractivity contribution in [3.05, 3.63) is 0 Å². The van der Waals surface area contributed by atoms with Gasteiger partial charge < -0.3 is 19.3 Å². The first-order valence-corrected chi connectivity index (χ1v) is 38.1. The van der Waals surface area contributed by atoms with Gasteiger partial charge in [0.2, 0.25) is 0 Å². The highest BCUT2D eigenvalue weighted by Crippen LogP contribution is 2.80. The maximum Gasteiger partial charge on any atom is 0.306 e. The van der Waals surface area contributed by atoms with Crippen molar-refractivity contribution in [1.82, 2.24) is 0 Å². The number of aliphatic hydroxyl groups is 1. The fourth-order valence-electron chi connectivity index (χ4n) is 16.9. The van der Waals surface area contributed by atoms with Crippen molar-refractivity contribution in [2.45, 2.75) is 408 Å². The van der Waals surface area contributed by atoms with Gasteiger partial charge in [-0.15, -0.1) is 0 Å². The molecule has 84 heavy (non-hydrogen) atoms. The molecule has 1 N–H and O–H groups in total. The van der Waals surface area contributed by atoms with Crippen LogP contribution in [-0.4, -0.2) is 49.4 Å². The van der Waals surface area contributed by atoms with Crippen molar-refractivity contribution in [2.24, 2.45) is 39.4 Å². The van der Waals surface area contributed by atoms with Crippen LogP contribution in [0.25, 0.3) is 0 Å². The monoisotopic (exact) mass is 1180 g/mol. The summed E-state index contributed by atoms with van der Waals surface area (Å²) in [6.45, 7) is 14.7. The van der Waals surface area contributed by atoms with E-state index in [-0.39, 0.29) is 42.0 Å². The normalized spacial score (nSPS) is 20.8. The molecule has 0 aliphatic heterocycles. The molecule has 7 heteroatoms. The van der Waals surface area contributed by atoms with Gasteiger partial charge in [0.15, 0.2) is 0 Å². The Kier molecular flexibility index (Phi) is 44.0. The van der Waals surface area contributed by atoms with Crippen molar-refractivity contribution in [2.75, 3.05) is 26.4 Å². The van der Waals surface area contributed by atoms with Gasteiger partial charge in [-0.2, -0.15) is 0 Å². The molecule has 0 aromatic heterocycles. The lowest BCUT2D eigenvalue weighted by Crippen LogP contribution is -2.44. The van der Waals surface area contributed by atoms with Crippen molar-refractivity contribution in [3.8, 4) is 0 Å². The summed E-state index contributed by atoms with van der Waals surface area (Å²) in [7, 11) is 0. The van der Waals surface area contributed by atoms with E-state index in [0.29, 0.717) is 50.2 Å². The van der Waals surface area contributed by atoms with E-state index in [1.54, 1.807) is 0 Å². The molecule has 0 radical (unpaired) electrons. The van der Waals surface area contributed by atoms with Crippen molar-refractivity contribution in [3.63, 3.8) is 0 Å². The highest BCUT2D eigenvalue weighted by atomic mass is 16.5. The molecular formula is C77H144O7. The summed E-state index contributed by atoms with van der Waals surface area (Å²) in [6.07, 6.45) is 67.1. The standard InChI is InChI=1S/C77H144O7/c1-7-13-19-25-31-37-43-49-68(50-44-38-32-26-20-14-8-2)55-56-71(79)82-65-74-59-75(66-83-72(80)57-69(51-45-39-33-27-21-15-9-3)52-46-40-34-28-22-16-10-4)61-76(60-74,64-78)77(62-74,63-75)67-84-73(81)58-70(53-47-41-35-29-23-17-11-5)54-48-42-36-30-24-18-12-6/h68-70,78H,7-67H2,1-6H3. The van der Waals surface area contributed by atoms with Gasteiger partial charge in [0.05, 0.1) is 19.8 Å². The minimum Gasteiger partial charge on any atom is -0.465 e. The second-order valence-electron chi connectivity index (χ2n) is 29.6. The van der Waals surface area contributed by atoms with E-state index >= 15 is 0 Å². The van der Waals surface area contributed by atoms with E-state index in [9.17, 15) is 19.5 Å². The predicted molar refractivity (Wildman–Crippen MR) is 357 cm³/mol. The molecule has 4 aliphatic rings. The quantitative estimate of drug-likeness (QED) is 0.0368. The van der Waals surface area contributed by atoms with Crippen LogP contribution in [0.15, 0.2) is 0 Å². The SMILES string of the molecule is CCCCCCCCCC(CCCCCCCCC)CCC(=O)OCC12CC3(COC(=O)CC(CCCCCCCCC)CCCCCCCCC)CC(CO)(C1)C(COC(=O)CC(CCCCCCCCC)CCCCCCCCC)(C2)C3. The van der Waals surface area contributed by atoms with Crippen LogP contribution in [0.5, 0.6) is 0 Å². The first-order valence-electron chi connectivity index (χ1n) is 38.1. The van der Waals surface area contributed by atoms with Crippen LogP contribution in [0.4, 0.5) is 0 Å². The molecule has 4 bridgehead atoms. The molecule has 494 valence electrons. The average molecular weight is 1180 g/mol. The molecule has 7 nitrogen and oxygen atoms in total. The Morgan fingerprint density at radius 1 is 0.298 bits per heavy atom. The summed E-state index contributed by atoms with van der Waals surface area (Å²) in [5, 5.41) is 11.7. The second kappa shape index (κ2) is 48.3. The first-order chi connectivity index (χ1) is 41.0. The molecule has 4 fully saturated rings. The van der Waals surface area contributed by atoms with Crippen LogP contribution in [0.1, 0.15) is 408 Å². The van der Waals surface area contributed by atoms with Gasteiger partial charge in [-0.25, -0.2) is 0 Å². The molecule has 4 aliphatic carbocycles. The fourth-order valence-corrected chi connectivity index (χ4v) is 16.9. The van der Waals surface area contributed by atoms with Crippen molar-refractivity contribution < 1.29 is 33.7 Å². The summed E-state index contributed by atoms with van der Waals surface area (Å²) in [4.78, 5) is 42.5. The fraction of sp³-hybridized carbons (Fsp3) is 0.961. The number of esters is 3. The van der Waals surface area contributed by atoms with Crippen LogP contribution < -0.4 is 0 Å². The molecule has 4 unspecified atom stereocenters. The van der Waals surface area contributed by atoms with E-state index in [4.69, 9.17) is 14.2 Å². The highest BCUT2D eigenvalue weighted by molar-refractivity contribution is 5.70. The van der Waals surface area contributed by atoms with Gasteiger partial charge in [0, 0.05) is 47.5 Å². The number of hydrogen-bond donors (Lipinski definition) is 1. The third kappa shape index (κ3) is 32.2. The summed E-state index contributed by atoms with van der Waals surface area (Å²) in [5.41, 5.74) is -1.63. The molecule has 4 rings (SSSR count). The topological polar surface area (TPSA) is 99.1 Å². The van der Waals surface area contributed by atoms with E-state index < -0.39 is 10.8 Å². The summed E-state index contributed by atoms with van der Waals surface area (Å²) >= 11 is 0. The molecule has 0 heterocycles. The second-order valence-corrected chi connectivity index (χ2v) is 29.6. The Hall–Kier alpha value is -1.63. The predicted octanol–water partition coefficient (Wildman–Crippen LogP) is 23.8. The van der Waals surface area contributed by atoms with Crippen molar-refractivity contribution >= 4 is 17.9 Å². The lowest BCUT2D eigenvalue weighted by molar-refractivity contribution is -0.157. The average Bonchev–Trinajstić information content (AvgIpc) is 1.53. The number of hydrogen-bond acceptors (Lipinski definition) is 7. The van der Waals surface area contributed by atoms with Crippen LogP contribution >= 0.6 is 0 Å². The lowest BCUT2D eigenvalue weighted by Gasteiger charge is -2.47. The Morgan fingerprint density at radius 3 is 0.845 bits per heavy atom. The summed E-state index contributed by atoms with van der Waals surface area (Å²) in [6, 6.07) is 0. The van der Waals surface area contributed by atoms with Crippen molar-refractivity contribution in [1.29, 1.82) is 0 Å². The smallest absolute Gasteiger partial charge is 0.306 e. The molecular weight excluding hydrogens is 1040 g/mol. The molecule has 4 atom stereocenters. The molecule has 0 saturated heterocycles. The maximum atomic E-state index is 14.3. The molecule has 0 aromatic carbocycles. The first kappa shape index (κ1) is 76.6. The Morgan fingerprint density at radius 2 is 0.548 bits per heavy atom. The van der Waals surface area contributed by atoms with Crippen LogP contribution in [0, 0.1) is 39.4 Å². The number of aliphatic hydroxyl groups excluding tert-OH is 1. The number of unbranched alkanes of at least 4 members (excludes halogenated alkanes) is 36. The number of carbonyl (C=O) groups is 3. The van der Waals surface area contributed by atoms with E-state index in [1.165, 1.54) is 283 Å². The minimum absolute atomic E-state index is 0.00688. The van der Waals surface area contributed by atoms with Gasteiger partial charge in [0.1, 0.15) is 0 Å². The summed E-state index contributed by atoms with van der Waals surface area (Å²) in [5.74, 6) is 1.01. The van der Waals surface area contributed by atoms with E-state index in [1.807, 2.05) is 0 Å². The third-order valence-electron chi connectivity index (χ3n) is 21.6. The third-order valence-corrected chi connectivity index (χ3v) is 21.6. The lowest BCUT2D eigenvalue weighted by atomic mass is 9.59. The number of carbonyl (C=O) groups excluding carboxylic acids is 3. The minimum atomic E-state index is -0.478. The molecule has 0 aromatic rings. The highest BCUT2D eigenvalue weighted by Gasteiger charge is 2.76. The largest absolute Gasteiger partial charge is 0.465 e. The number of rotatable bonds is 62. The molecule has 4 saturated carbocycles.